The number of anilines is 1. The molecule has 0 amide bonds. The molecule has 0 aliphatic carbocycles. The van der Waals surface area contributed by atoms with Gasteiger partial charge in [-0.3, -0.25) is 0 Å². The smallest absolute Gasteiger partial charge is 0.372 e. The highest BCUT2D eigenvalue weighted by molar-refractivity contribution is 6.33. The Balaban J connectivity index is 2.36. The topological polar surface area (TPSA) is 63.6 Å². The van der Waals surface area contributed by atoms with Crippen LogP contribution in [0, 0.1) is 18.6 Å². The van der Waals surface area contributed by atoms with Gasteiger partial charge in [-0.2, -0.15) is 13.2 Å². The standard InChI is InChI=1S/C16H11ClF5N5/c1-6-3-8(18)10(9(19)4-6)11-12(25-7(2)16(20,21)22)13-15(26-14(11)17)27-24-5-23-13/h3-5,7H,1-2H3,(H,25,26,27)/t7-/m1/s1. The molecular formula is C16H11ClF5N5. The zero-order chi connectivity index (χ0) is 19.9. The van der Waals surface area contributed by atoms with Crippen molar-refractivity contribution in [1.29, 1.82) is 0 Å². The predicted octanol–water partition coefficient (Wildman–Crippen LogP) is 4.69. The van der Waals surface area contributed by atoms with E-state index in [2.05, 4.69) is 25.5 Å². The number of rotatable bonds is 3. The molecule has 0 saturated heterocycles. The number of alkyl halides is 3. The number of nitrogens with zero attached hydrogens (tertiary/aromatic N) is 4. The van der Waals surface area contributed by atoms with Gasteiger partial charge in [0.2, 0.25) is 5.65 Å². The molecule has 2 aromatic heterocycles. The van der Waals surface area contributed by atoms with Crippen molar-refractivity contribution in [2.24, 2.45) is 0 Å². The van der Waals surface area contributed by atoms with Crippen LogP contribution >= 0.6 is 11.6 Å². The van der Waals surface area contributed by atoms with E-state index < -0.39 is 34.6 Å². The summed E-state index contributed by atoms with van der Waals surface area (Å²) in [7, 11) is 0. The van der Waals surface area contributed by atoms with Crippen LogP contribution in [0.2, 0.25) is 5.15 Å². The molecule has 0 fully saturated rings. The van der Waals surface area contributed by atoms with Gasteiger partial charge in [-0.1, -0.05) is 11.6 Å². The van der Waals surface area contributed by atoms with Crippen molar-refractivity contribution in [1.82, 2.24) is 20.2 Å². The lowest BCUT2D eigenvalue weighted by Gasteiger charge is -2.22. The first-order chi connectivity index (χ1) is 12.6. The van der Waals surface area contributed by atoms with Gasteiger partial charge >= 0.3 is 6.18 Å². The molecule has 0 aliphatic rings. The number of aryl methyl sites for hydroxylation is 1. The van der Waals surface area contributed by atoms with E-state index in [4.69, 9.17) is 11.6 Å². The molecule has 27 heavy (non-hydrogen) atoms. The first-order valence-corrected chi connectivity index (χ1v) is 7.93. The minimum Gasteiger partial charge on any atom is -0.372 e. The molecule has 3 rings (SSSR count). The van der Waals surface area contributed by atoms with Gasteiger partial charge in [-0.05, 0) is 31.5 Å². The van der Waals surface area contributed by atoms with Crippen molar-refractivity contribution in [2.45, 2.75) is 26.1 Å². The van der Waals surface area contributed by atoms with Crippen molar-refractivity contribution in [3.8, 4) is 11.1 Å². The van der Waals surface area contributed by atoms with Crippen LogP contribution in [0.5, 0.6) is 0 Å². The summed E-state index contributed by atoms with van der Waals surface area (Å²) >= 11 is 6.06. The molecule has 0 unspecified atom stereocenters. The fraction of sp³-hybridized carbons (Fsp3) is 0.250. The Morgan fingerprint density at radius 1 is 1.11 bits per heavy atom. The number of halogens is 6. The van der Waals surface area contributed by atoms with Crippen molar-refractivity contribution in [2.75, 3.05) is 5.32 Å². The van der Waals surface area contributed by atoms with E-state index in [1.54, 1.807) is 0 Å². The minimum atomic E-state index is -4.63. The quantitative estimate of drug-likeness (QED) is 0.508. The molecule has 1 atom stereocenters. The molecule has 1 N–H and O–H groups in total. The average Bonchev–Trinajstić information content (AvgIpc) is 2.55. The summed E-state index contributed by atoms with van der Waals surface area (Å²) in [5, 5.41) is 8.89. The fourth-order valence-corrected chi connectivity index (χ4v) is 2.77. The SMILES string of the molecule is Cc1cc(F)c(-c2c(Cl)nc3nncnc3c2N[C@H](C)C(F)(F)F)c(F)c1. The van der Waals surface area contributed by atoms with E-state index in [1.165, 1.54) is 6.92 Å². The van der Waals surface area contributed by atoms with E-state index >= 15 is 0 Å². The predicted molar refractivity (Wildman–Crippen MR) is 89.4 cm³/mol. The average molecular weight is 404 g/mol. The number of fused-ring (bicyclic) bond motifs is 1. The molecule has 2 heterocycles. The Labute approximate surface area is 154 Å². The summed E-state index contributed by atoms with van der Waals surface area (Å²) in [5.41, 5.74) is -1.37. The highest BCUT2D eigenvalue weighted by Crippen LogP contribution is 2.41. The zero-order valence-corrected chi connectivity index (χ0v) is 14.6. The second-order valence-corrected chi connectivity index (χ2v) is 6.15. The summed E-state index contributed by atoms with van der Waals surface area (Å²) in [6.07, 6.45) is -3.66. The number of pyridine rings is 1. The number of benzene rings is 1. The highest BCUT2D eigenvalue weighted by Gasteiger charge is 2.37. The highest BCUT2D eigenvalue weighted by atomic mass is 35.5. The van der Waals surface area contributed by atoms with Crippen LogP contribution in [0.4, 0.5) is 27.6 Å². The maximum Gasteiger partial charge on any atom is 0.408 e. The lowest BCUT2D eigenvalue weighted by molar-refractivity contribution is -0.138. The first-order valence-electron chi connectivity index (χ1n) is 7.55. The maximum atomic E-state index is 14.5. The van der Waals surface area contributed by atoms with Crippen molar-refractivity contribution in [3.63, 3.8) is 0 Å². The largest absolute Gasteiger partial charge is 0.408 e. The van der Waals surface area contributed by atoms with Crippen LogP contribution in [0.1, 0.15) is 12.5 Å². The molecule has 142 valence electrons. The van der Waals surface area contributed by atoms with Crippen LogP contribution in [0.3, 0.4) is 0 Å². The Morgan fingerprint density at radius 2 is 1.74 bits per heavy atom. The Morgan fingerprint density at radius 3 is 2.33 bits per heavy atom. The van der Waals surface area contributed by atoms with Crippen molar-refractivity contribution < 1.29 is 22.0 Å². The molecule has 0 saturated carbocycles. The Kier molecular flexibility index (Phi) is 4.85. The molecule has 0 radical (unpaired) electrons. The number of nitrogens with one attached hydrogen (secondary N) is 1. The second kappa shape index (κ2) is 6.84. The van der Waals surface area contributed by atoms with E-state index in [-0.39, 0.29) is 22.4 Å². The summed E-state index contributed by atoms with van der Waals surface area (Å²) in [6, 6.07) is 0.00637. The zero-order valence-electron chi connectivity index (χ0n) is 13.9. The van der Waals surface area contributed by atoms with E-state index in [9.17, 15) is 22.0 Å². The van der Waals surface area contributed by atoms with Crippen molar-refractivity contribution >= 4 is 28.5 Å². The maximum absolute atomic E-state index is 14.5. The van der Waals surface area contributed by atoms with E-state index in [0.29, 0.717) is 5.56 Å². The third kappa shape index (κ3) is 3.61. The van der Waals surface area contributed by atoms with E-state index in [1.807, 2.05) is 0 Å². The van der Waals surface area contributed by atoms with Crippen LogP contribution in [0.15, 0.2) is 18.5 Å². The van der Waals surface area contributed by atoms with Gasteiger partial charge in [-0.15, -0.1) is 10.2 Å². The van der Waals surface area contributed by atoms with Crippen LogP contribution in [0.25, 0.3) is 22.3 Å². The summed E-state index contributed by atoms with van der Waals surface area (Å²) in [5.74, 6) is -2.00. The van der Waals surface area contributed by atoms with Gasteiger partial charge in [0.15, 0.2) is 0 Å². The molecule has 0 spiro atoms. The summed E-state index contributed by atoms with van der Waals surface area (Å²) in [6.45, 7) is 2.32. The minimum absolute atomic E-state index is 0.153. The normalized spacial score (nSPS) is 13.0. The van der Waals surface area contributed by atoms with Gasteiger partial charge in [0.05, 0.1) is 16.8 Å². The molecule has 5 nitrogen and oxygen atoms in total. The van der Waals surface area contributed by atoms with E-state index in [0.717, 1.165) is 25.4 Å². The summed E-state index contributed by atoms with van der Waals surface area (Å²) < 4.78 is 68.2. The first kappa shape index (κ1) is 19.2. The number of hydrogen-bond donors (Lipinski definition) is 1. The molecule has 11 heteroatoms. The third-order valence-electron chi connectivity index (χ3n) is 3.79. The van der Waals surface area contributed by atoms with Crippen LogP contribution in [-0.4, -0.2) is 32.4 Å². The lowest BCUT2D eigenvalue weighted by atomic mass is 10.0. The fourth-order valence-electron chi connectivity index (χ4n) is 2.50. The molecule has 3 aromatic rings. The third-order valence-corrected chi connectivity index (χ3v) is 4.06. The molecular weight excluding hydrogens is 393 g/mol. The summed E-state index contributed by atoms with van der Waals surface area (Å²) in [4.78, 5) is 7.71. The monoisotopic (exact) mass is 403 g/mol. The number of aromatic nitrogens is 4. The van der Waals surface area contributed by atoms with Gasteiger partial charge < -0.3 is 5.32 Å². The van der Waals surface area contributed by atoms with Gasteiger partial charge in [0.25, 0.3) is 0 Å². The number of hydrogen-bond acceptors (Lipinski definition) is 5. The van der Waals surface area contributed by atoms with Crippen molar-refractivity contribution in [3.05, 3.63) is 40.8 Å². The molecule has 0 aliphatic heterocycles. The van der Waals surface area contributed by atoms with Gasteiger partial charge in [0, 0.05) is 0 Å². The molecule has 0 bridgehead atoms. The molecule has 1 aromatic carbocycles. The van der Waals surface area contributed by atoms with Gasteiger partial charge in [0.1, 0.15) is 34.7 Å². The Bertz CT molecular complexity index is 1000. The Hall–Kier alpha value is -2.62. The van der Waals surface area contributed by atoms with Crippen LogP contribution in [-0.2, 0) is 0 Å². The second-order valence-electron chi connectivity index (χ2n) is 5.80. The van der Waals surface area contributed by atoms with Crippen LogP contribution < -0.4 is 5.32 Å². The van der Waals surface area contributed by atoms with Gasteiger partial charge in [-0.25, -0.2) is 18.7 Å². The lowest BCUT2D eigenvalue weighted by Crippen LogP contribution is -2.33.